The summed E-state index contributed by atoms with van der Waals surface area (Å²) in [6.45, 7) is 7.85. The van der Waals surface area contributed by atoms with E-state index in [1.807, 2.05) is 12.1 Å². The van der Waals surface area contributed by atoms with Crippen molar-refractivity contribution in [3.63, 3.8) is 0 Å². The molecule has 1 saturated carbocycles. The predicted molar refractivity (Wildman–Crippen MR) is 89.8 cm³/mol. The number of benzene rings is 1. The van der Waals surface area contributed by atoms with Crippen LogP contribution in [0.1, 0.15) is 51.5 Å². The fourth-order valence-corrected chi connectivity index (χ4v) is 4.01. The van der Waals surface area contributed by atoms with Gasteiger partial charge in [0.2, 0.25) is 0 Å². The van der Waals surface area contributed by atoms with E-state index in [0.29, 0.717) is 5.54 Å². The smallest absolute Gasteiger partial charge is 0.0451 e. The van der Waals surface area contributed by atoms with Crippen molar-refractivity contribution < 1.29 is 0 Å². The van der Waals surface area contributed by atoms with Gasteiger partial charge in [-0.25, -0.2) is 0 Å². The molecule has 3 heteroatoms. The van der Waals surface area contributed by atoms with Gasteiger partial charge in [-0.15, -0.1) is 0 Å². The Morgan fingerprint density at radius 2 is 1.86 bits per heavy atom. The van der Waals surface area contributed by atoms with Crippen LogP contribution >= 0.6 is 11.6 Å². The fraction of sp³-hybridized carbons (Fsp3) is 0.667. The minimum Gasteiger partial charge on any atom is -0.308 e. The van der Waals surface area contributed by atoms with Gasteiger partial charge in [0.1, 0.15) is 0 Å². The molecule has 1 aromatic rings. The third-order valence-electron chi connectivity index (χ3n) is 5.38. The second kappa shape index (κ2) is 5.91. The minimum absolute atomic E-state index is 0.182. The molecular formula is C18H27ClN2. The topological polar surface area (TPSA) is 15.3 Å². The summed E-state index contributed by atoms with van der Waals surface area (Å²) in [5.74, 6) is 0. The van der Waals surface area contributed by atoms with Gasteiger partial charge in [0.15, 0.2) is 0 Å². The Kier molecular flexibility index (Phi) is 4.31. The molecule has 1 aliphatic carbocycles. The van der Waals surface area contributed by atoms with Crippen LogP contribution in [0.3, 0.4) is 0 Å². The van der Waals surface area contributed by atoms with Gasteiger partial charge in [-0.1, -0.05) is 49.1 Å². The van der Waals surface area contributed by atoms with E-state index in [4.69, 9.17) is 11.6 Å². The van der Waals surface area contributed by atoms with E-state index >= 15 is 0 Å². The molecule has 0 atom stereocenters. The summed E-state index contributed by atoms with van der Waals surface area (Å²) < 4.78 is 0. The standard InChI is InChI=1S/C18H27ClN2/c1-17(2)13-20-18(10-6-3-7-11-18)14-21(17)12-15-8-4-5-9-16(15)19/h4-5,8-9,20H,3,6-7,10-14H2,1-2H3. The lowest BCUT2D eigenvalue weighted by Gasteiger charge is -2.53. The molecule has 1 N–H and O–H groups in total. The van der Waals surface area contributed by atoms with Crippen LogP contribution < -0.4 is 5.32 Å². The van der Waals surface area contributed by atoms with E-state index in [0.717, 1.165) is 24.7 Å². The van der Waals surface area contributed by atoms with Crippen LogP contribution in [0, 0.1) is 0 Å². The van der Waals surface area contributed by atoms with E-state index < -0.39 is 0 Å². The third-order valence-corrected chi connectivity index (χ3v) is 5.74. The van der Waals surface area contributed by atoms with Crippen LogP contribution in [-0.4, -0.2) is 29.1 Å². The SMILES string of the molecule is CC1(C)CNC2(CCCCC2)CN1Cc1ccccc1Cl. The summed E-state index contributed by atoms with van der Waals surface area (Å²) in [4.78, 5) is 2.63. The molecule has 1 aliphatic heterocycles. The average Bonchev–Trinajstić information content (AvgIpc) is 2.47. The van der Waals surface area contributed by atoms with Crippen molar-refractivity contribution >= 4 is 11.6 Å². The highest BCUT2D eigenvalue weighted by atomic mass is 35.5. The van der Waals surface area contributed by atoms with Crippen LogP contribution in [0.2, 0.25) is 5.02 Å². The van der Waals surface area contributed by atoms with Crippen LogP contribution in [0.5, 0.6) is 0 Å². The van der Waals surface area contributed by atoms with E-state index in [9.17, 15) is 0 Å². The first-order valence-corrected chi connectivity index (χ1v) is 8.62. The molecule has 1 saturated heterocycles. The van der Waals surface area contributed by atoms with Crippen molar-refractivity contribution in [2.45, 2.75) is 63.6 Å². The molecule has 116 valence electrons. The Bertz CT molecular complexity index is 492. The summed E-state index contributed by atoms with van der Waals surface area (Å²) in [6.07, 6.45) is 6.78. The number of hydrogen-bond acceptors (Lipinski definition) is 2. The maximum Gasteiger partial charge on any atom is 0.0451 e. The molecule has 1 spiro atoms. The first-order valence-electron chi connectivity index (χ1n) is 8.24. The Morgan fingerprint density at radius 1 is 1.14 bits per heavy atom. The average molecular weight is 307 g/mol. The lowest BCUT2D eigenvalue weighted by atomic mass is 9.77. The van der Waals surface area contributed by atoms with E-state index in [-0.39, 0.29) is 5.54 Å². The molecule has 0 aromatic heterocycles. The normalized spacial score (nSPS) is 25.1. The largest absolute Gasteiger partial charge is 0.308 e. The van der Waals surface area contributed by atoms with Gasteiger partial charge in [-0.3, -0.25) is 4.90 Å². The molecule has 0 unspecified atom stereocenters. The Balaban J connectivity index is 1.79. The van der Waals surface area contributed by atoms with Gasteiger partial charge in [0, 0.05) is 35.7 Å². The van der Waals surface area contributed by atoms with E-state index in [1.54, 1.807) is 0 Å². The fourth-order valence-electron chi connectivity index (χ4n) is 3.82. The van der Waals surface area contributed by atoms with Crippen molar-refractivity contribution in [3.05, 3.63) is 34.9 Å². The number of halogens is 1. The molecule has 0 radical (unpaired) electrons. The number of piperazine rings is 1. The predicted octanol–water partition coefficient (Wildman–Crippen LogP) is 4.23. The van der Waals surface area contributed by atoms with Gasteiger partial charge in [-0.05, 0) is 38.3 Å². The Labute approximate surface area is 133 Å². The molecular weight excluding hydrogens is 280 g/mol. The zero-order valence-corrected chi connectivity index (χ0v) is 14.0. The van der Waals surface area contributed by atoms with Gasteiger partial charge < -0.3 is 5.32 Å². The molecule has 0 amide bonds. The second-order valence-corrected chi connectivity index (χ2v) is 7.86. The maximum atomic E-state index is 6.37. The van der Waals surface area contributed by atoms with Crippen molar-refractivity contribution in [2.24, 2.45) is 0 Å². The van der Waals surface area contributed by atoms with Crippen LogP contribution in [0.25, 0.3) is 0 Å². The van der Waals surface area contributed by atoms with Gasteiger partial charge >= 0.3 is 0 Å². The Hall–Kier alpha value is -0.570. The Morgan fingerprint density at radius 3 is 2.57 bits per heavy atom. The van der Waals surface area contributed by atoms with Crippen molar-refractivity contribution in [2.75, 3.05) is 13.1 Å². The van der Waals surface area contributed by atoms with E-state index in [2.05, 4.69) is 36.2 Å². The van der Waals surface area contributed by atoms with Crippen LogP contribution in [0.15, 0.2) is 24.3 Å². The first kappa shape index (κ1) is 15.3. The monoisotopic (exact) mass is 306 g/mol. The molecule has 1 heterocycles. The van der Waals surface area contributed by atoms with Gasteiger partial charge in [0.05, 0.1) is 0 Å². The van der Waals surface area contributed by atoms with Crippen molar-refractivity contribution in [1.29, 1.82) is 0 Å². The zero-order chi connectivity index (χ0) is 14.9. The molecule has 0 bridgehead atoms. The molecule has 1 aromatic carbocycles. The molecule has 2 aliphatic rings. The maximum absolute atomic E-state index is 6.37. The zero-order valence-electron chi connectivity index (χ0n) is 13.3. The molecule has 21 heavy (non-hydrogen) atoms. The molecule has 3 rings (SSSR count). The second-order valence-electron chi connectivity index (χ2n) is 7.45. The number of hydrogen-bond donors (Lipinski definition) is 1. The lowest BCUT2D eigenvalue weighted by molar-refractivity contribution is 0.00487. The summed E-state index contributed by atoms with van der Waals surface area (Å²) in [6, 6.07) is 8.26. The summed E-state index contributed by atoms with van der Waals surface area (Å²) in [5, 5.41) is 4.77. The highest BCUT2D eigenvalue weighted by molar-refractivity contribution is 6.31. The lowest BCUT2D eigenvalue weighted by Crippen LogP contribution is -2.68. The van der Waals surface area contributed by atoms with E-state index in [1.165, 1.54) is 37.7 Å². The summed E-state index contributed by atoms with van der Waals surface area (Å²) in [7, 11) is 0. The van der Waals surface area contributed by atoms with Crippen molar-refractivity contribution in [3.8, 4) is 0 Å². The number of rotatable bonds is 2. The van der Waals surface area contributed by atoms with Crippen molar-refractivity contribution in [1.82, 2.24) is 10.2 Å². The van der Waals surface area contributed by atoms with Crippen LogP contribution in [0.4, 0.5) is 0 Å². The third kappa shape index (κ3) is 3.28. The highest BCUT2D eigenvalue weighted by Gasteiger charge is 2.43. The number of nitrogens with one attached hydrogen (secondary N) is 1. The highest BCUT2D eigenvalue weighted by Crippen LogP contribution is 2.35. The summed E-state index contributed by atoms with van der Waals surface area (Å²) in [5.41, 5.74) is 1.77. The molecule has 2 fully saturated rings. The quantitative estimate of drug-likeness (QED) is 0.880. The summed E-state index contributed by atoms with van der Waals surface area (Å²) >= 11 is 6.37. The van der Waals surface area contributed by atoms with Crippen LogP contribution in [-0.2, 0) is 6.54 Å². The van der Waals surface area contributed by atoms with Gasteiger partial charge in [-0.2, -0.15) is 0 Å². The molecule has 2 nitrogen and oxygen atoms in total. The van der Waals surface area contributed by atoms with Gasteiger partial charge in [0.25, 0.3) is 0 Å². The first-order chi connectivity index (χ1) is 10.0. The number of nitrogens with zero attached hydrogens (tertiary/aromatic N) is 1. The minimum atomic E-state index is 0.182.